The number of para-hydroxylation sites is 1. The summed E-state index contributed by atoms with van der Waals surface area (Å²) in [5, 5.41) is 4.71. The van der Waals surface area contributed by atoms with E-state index in [0.29, 0.717) is 5.56 Å². The van der Waals surface area contributed by atoms with Crippen molar-refractivity contribution in [3.8, 4) is 0 Å². The van der Waals surface area contributed by atoms with E-state index in [1.54, 1.807) is 30.3 Å². The lowest BCUT2D eigenvalue weighted by Gasteiger charge is -2.38. The molecule has 1 aliphatic heterocycles. The number of nitrogens with zero attached hydrogens (tertiary/aromatic N) is 1. The highest BCUT2D eigenvalue weighted by molar-refractivity contribution is 6.20. The second-order valence-corrected chi connectivity index (χ2v) is 10.0. The van der Waals surface area contributed by atoms with Gasteiger partial charge in [-0.05, 0) is 24.8 Å². The molecular weight excluding hydrogens is 542 g/mol. The fourth-order valence-electron chi connectivity index (χ4n) is 5.09. The SMILES string of the molecule is NC(=O)[C@H](CCC(F)(F)F)[C@H](CC1CC(F)(F)C1)C(=O)N[C@H]1N=C(c2ccccc2)c2cccc(F)c2NC1=O. The van der Waals surface area contributed by atoms with Gasteiger partial charge in [-0.3, -0.25) is 14.4 Å². The Morgan fingerprint density at radius 1 is 1.07 bits per heavy atom. The highest BCUT2D eigenvalue weighted by atomic mass is 19.4. The number of fused-ring (bicyclic) bond motifs is 1. The third kappa shape index (κ3) is 6.80. The van der Waals surface area contributed by atoms with Crippen LogP contribution in [-0.4, -0.2) is 41.7 Å². The number of benzodiazepines with no additional fused rings is 1. The number of rotatable bonds is 9. The van der Waals surface area contributed by atoms with Crippen LogP contribution in [-0.2, 0) is 14.4 Å². The first-order chi connectivity index (χ1) is 18.7. The Morgan fingerprint density at radius 3 is 2.35 bits per heavy atom. The summed E-state index contributed by atoms with van der Waals surface area (Å²) < 4.78 is 80.6. The average molecular weight is 569 g/mol. The molecule has 0 saturated heterocycles. The van der Waals surface area contributed by atoms with E-state index in [4.69, 9.17) is 5.73 Å². The Labute approximate surface area is 225 Å². The number of anilines is 1. The van der Waals surface area contributed by atoms with E-state index in [-0.39, 0.29) is 23.4 Å². The van der Waals surface area contributed by atoms with Crippen LogP contribution in [0.4, 0.5) is 32.0 Å². The highest BCUT2D eigenvalue weighted by Crippen LogP contribution is 2.46. The largest absolute Gasteiger partial charge is 0.389 e. The van der Waals surface area contributed by atoms with Crippen LogP contribution >= 0.6 is 0 Å². The highest BCUT2D eigenvalue weighted by Gasteiger charge is 2.48. The van der Waals surface area contributed by atoms with Crippen LogP contribution in [0.1, 0.15) is 43.2 Å². The molecule has 13 heteroatoms. The van der Waals surface area contributed by atoms with E-state index in [0.717, 1.165) is 6.07 Å². The number of nitrogens with one attached hydrogen (secondary N) is 2. The van der Waals surface area contributed by atoms with Gasteiger partial charge in [-0.1, -0.05) is 42.5 Å². The number of hydrogen-bond acceptors (Lipinski definition) is 4. The number of halogens is 6. The van der Waals surface area contributed by atoms with E-state index in [1.165, 1.54) is 12.1 Å². The summed E-state index contributed by atoms with van der Waals surface area (Å²) >= 11 is 0. The normalized spacial score (nSPS) is 20.2. The molecule has 3 amide bonds. The monoisotopic (exact) mass is 568 g/mol. The van der Waals surface area contributed by atoms with Crippen molar-refractivity contribution in [1.82, 2.24) is 5.32 Å². The fourth-order valence-corrected chi connectivity index (χ4v) is 5.09. The fraction of sp³-hybridized carbons (Fsp3) is 0.407. The number of alkyl halides is 5. The molecule has 7 nitrogen and oxygen atoms in total. The lowest BCUT2D eigenvalue weighted by Crippen LogP contribution is -2.49. The minimum atomic E-state index is -4.66. The smallest absolute Gasteiger partial charge is 0.369 e. The minimum absolute atomic E-state index is 0.137. The molecule has 1 heterocycles. The molecule has 2 aromatic carbocycles. The molecule has 0 bridgehead atoms. The zero-order valence-electron chi connectivity index (χ0n) is 21.0. The number of benzene rings is 2. The Morgan fingerprint density at radius 2 is 1.75 bits per heavy atom. The molecular formula is C27H26F6N4O3. The van der Waals surface area contributed by atoms with Crippen molar-refractivity contribution in [2.75, 3.05) is 5.32 Å². The van der Waals surface area contributed by atoms with Gasteiger partial charge < -0.3 is 16.4 Å². The van der Waals surface area contributed by atoms with Crippen LogP contribution in [0.3, 0.4) is 0 Å². The number of aliphatic imine (C=N–C) groups is 1. The molecule has 1 aliphatic carbocycles. The predicted octanol–water partition coefficient (Wildman–Crippen LogP) is 4.55. The molecule has 214 valence electrons. The molecule has 0 aromatic heterocycles. The molecule has 1 fully saturated rings. The summed E-state index contributed by atoms with van der Waals surface area (Å²) in [6, 6.07) is 12.4. The van der Waals surface area contributed by atoms with E-state index >= 15 is 0 Å². The van der Waals surface area contributed by atoms with Crippen LogP contribution in [0.25, 0.3) is 0 Å². The number of amides is 3. The van der Waals surface area contributed by atoms with Crippen molar-refractivity contribution in [2.24, 2.45) is 28.5 Å². The molecule has 0 radical (unpaired) electrons. The van der Waals surface area contributed by atoms with Crippen LogP contribution in [0.15, 0.2) is 53.5 Å². The van der Waals surface area contributed by atoms with Crippen molar-refractivity contribution in [3.63, 3.8) is 0 Å². The standard InChI is InChI=1S/C27H26F6N4O3/c28-19-8-4-7-17-20(15-5-2-1-3-6-15)35-23(25(40)36-21(17)19)37-24(39)18(11-14-12-26(29,30)13-14)16(22(34)38)9-10-27(31,32)33/h1-8,14,16,18,23H,9-13H2,(H2,34,38)(H,36,40)(H,37,39)/t16-,18+,23-/m1/s1. The number of carbonyl (C=O) groups excluding carboxylic acids is 3. The van der Waals surface area contributed by atoms with Crippen LogP contribution in [0.2, 0.25) is 0 Å². The summed E-state index contributed by atoms with van der Waals surface area (Å²) in [5.41, 5.74) is 5.99. The van der Waals surface area contributed by atoms with Crippen LogP contribution in [0.5, 0.6) is 0 Å². The quantitative estimate of drug-likeness (QED) is 0.386. The molecule has 40 heavy (non-hydrogen) atoms. The topological polar surface area (TPSA) is 114 Å². The van der Waals surface area contributed by atoms with Gasteiger partial charge in [-0.15, -0.1) is 0 Å². The molecule has 4 rings (SSSR count). The van der Waals surface area contributed by atoms with Crippen LogP contribution in [0, 0.1) is 23.6 Å². The zero-order chi connectivity index (χ0) is 29.2. The molecule has 1 saturated carbocycles. The number of primary amides is 1. The van der Waals surface area contributed by atoms with Crippen molar-refractivity contribution >= 4 is 29.1 Å². The Kier molecular flexibility index (Phi) is 8.22. The maximum atomic E-state index is 14.7. The van der Waals surface area contributed by atoms with Gasteiger partial charge in [0.1, 0.15) is 5.82 Å². The third-order valence-corrected chi connectivity index (χ3v) is 7.04. The Bertz CT molecular complexity index is 1310. The van der Waals surface area contributed by atoms with Gasteiger partial charge in [-0.2, -0.15) is 13.2 Å². The summed E-state index contributed by atoms with van der Waals surface area (Å²) in [6.07, 6.45) is -10.2. The second-order valence-electron chi connectivity index (χ2n) is 10.0. The molecule has 0 spiro atoms. The minimum Gasteiger partial charge on any atom is -0.369 e. The van der Waals surface area contributed by atoms with Gasteiger partial charge in [-0.25, -0.2) is 18.2 Å². The van der Waals surface area contributed by atoms with Crippen molar-refractivity contribution in [1.29, 1.82) is 0 Å². The molecule has 2 aliphatic rings. The second kappa shape index (κ2) is 11.3. The number of hydrogen-bond donors (Lipinski definition) is 3. The van der Waals surface area contributed by atoms with Gasteiger partial charge in [0.05, 0.1) is 11.4 Å². The van der Waals surface area contributed by atoms with Crippen molar-refractivity contribution < 1.29 is 40.7 Å². The Balaban J connectivity index is 1.67. The van der Waals surface area contributed by atoms with Crippen molar-refractivity contribution in [3.05, 3.63) is 65.5 Å². The first-order valence-electron chi connectivity index (χ1n) is 12.5. The Hall–Kier alpha value is -3.90. The van der Waals surface area contributed by atoms with Gasteiger partial charge in [0.15, 0.2) is 0 Å². The summed E-state index contributed by atoms with van der Waals surface area (Å²) in [6.45, 7) is 0. The zero-order valence-corrected chi connectivity index (χ0v) is 21.0. The first kappa shape index (κ1) is 29.1. The maximum absolute atomic E-state index is 14.7. The number of nitrogens with two attached hydrogens (primary N) is 1. The lowest BCUT2D eigenvalue weighted by atomic mass is 9.72. The maximum Gasteiger partial charge on any atom is 0.389 e. The van der Waals surface area contributed by atoms with Gasteiger partial charge in [0.25, 0.3) is 5.91 Å². The molecule has 2 aromatic rings. The van der Waals surface area contributed by atoms with Gasteiger partial charge in [0.2, 0.25) is 23.9 Å². The van der Waals surface area contributed by atoms with E-state index in [9.17, 15) is 40.7 Å². The molecule has 0 unspecified atom stereocenters. The lowest BCUT2D eigenvalue weighted by molar-refractivity contribution is -0.149. The summed E-state index contributed by atoms with van der Waals surface area (Å²) in [7, 11) is 0. The van der Waals surface area contributed by atoms with Gasteiger partial charge in [0, 0.05) is 42.2 Å². The van der Waals surface area contributed by atoms with Gasteiger partial charge >= 0.3 is 6.18 Å². The van der Waals surface area contributed by atoms with E-state index in [1.807, 2.05) is 0 Å². The summed E-state index contributed by atoms with van der Waals surface area (Å²) in [5.74, 6) is -10.9. The van der Waals surface area contributed by atoms with E-state index in [2.05, 4.69) is 15.6 Å². The first-order valence-corrected chi connectivity index (χ1v) is 12.5. The third-order valence-electron chi connectivity index (χ3n) is 7.04. The molecule has 3 atom stereocenters. The van der Waals surface area contributed by atoms with E-state index < -0.39 is 85.2 Å². The predicted molar refractivity (Wildman–Crippen MR) is 133 cm³/mol. The molecule has 4 N–H and O–H groups in total. The summed E-state index contributed by atoms with van der Waals surface area (Å²) in [4.78, 5) is 43.0. The van der Waals surface area contributed by atoms with Crippen molar-refractivity contribution in [2.45, 2.75) is 50.4 Å². The van der Waals surface area contributed by atoms with Crippen LogP contribution < -0.4 is 16.4 Å². The average Bonchev–Trinajstić information content (AvgIpc) is 2.99. The number of carbonyl (C=O) groups is 3.